The summed E-state index contributed by atoms with van der Waals surface area (Å²) >= 11 is 0. The third-order valence-corrected chi connectivity index (χ3v) is 2.75. The molecule has 19 heavy (non-hydrogen) atoms. The Bertz CT molecular complexity index is 247. The molecule has 0 fully saturated rings. The Hall–Kier alpha value is 0.870. The Morgan fingerprint density at radius 2 is 1.42 bits per heavy atom. The molecule has 112 valence electrons. The van der Waals surface area contributed by atoms with Gasteiger partial charge < -0.3 is 6.92 Å². The minimum atomic E-state index is -4.67. The molecule has 0 aromatic heterocycles. The summed E-state index contributed by atoms with van der Waals surface area (Å²) in [7, 11) is -4.67. The van der Waals surface area contributed by atoms with E-state index in [0.717, 1.165) is 12.3 Å². The largest absolute Gasteiger partial charge is 1.00 e. The molecule has 0 aromatic rings. The number of hydrogen-bond acceptors (Lipinski definition) is 2. The van der Waals surface area contributed by atoms with Crippen molar-refractivity contribution in [3.05, 3.63) is 6.92 Å². The quantitative estimate of drug-likeness (QED) is 0.292. The van der Waals surface area contributed by atoms with E-state index in [2.05, 4.69) is 20.8 Å². The molecule has 0 amide bonds. The molecule has 0 saturated heterocycles. The Kier molecular flexibility index (Phi) is 22.1. The van der Waals surface area contributed by atoms with Gasteiger partial charge in [-0.2, -0.15) is 14.8 Å². The van der Waals surface area contributed by atoms with Gasteiger partial charge in [0.15, 0.2) is 0 Å². The summed E-state index contributed by atoms with van der Waals surface area (Å²) in [5.74, 6) is 0.955. The van der Waals surface area contributed by atoms with Crippen molar-refractivity contribution in [1.82, 2.24) is 0 Å². The third-order valence-electron chi connectivity index (χ3n) is 2.75. The van der Waals surface area contributed by atoms with Crippen molar-refractivity contribution in [1.29, 1.82) is 0 Å². The van der Waals surface area contributed by atoms with Crippen molar-refractivity contribution in [3.8, 4) is 0 Å². The van der Waals surface area contributed by atoms with E-state index in [1.807, 2.05) is 0 Å². The summed E-state index contributed by atoms with van der Waals surface area (Å²) in [6.07, 6.45) is 12.3. The molecule has 0 bridgehead atoms. The van der Waals surface area contributed by atoms with Crippen molar-refractivity contribution < 1.29 is 47.1 Å². The second-order valence-electron chi connectivity index (χ2n) is 4.75. The maximum Gasteiger partial charge on any atom is 1.00 e. The summed E-state index contributed by atoms with van der Waals surface area (Å²) in [6.45, 7) is 8.54. The van der Waals surface area contributed by atoms with Crippen molar-refractivity contribution in [2.24, 2.45) is 5.92 Å². The van der Waals surface area contributed by atoms with Crippen LogP contribution in [0.4, 0.5) is 0 Å². The van der Waals surface area contributed by atoms with Gasteiger partial charge in [0.05, 0.1) is 0 Å². The van der Waals surface area contributed by atoms with Crippen LogP contribution in [-0.2, 0) is 10.4 Å². The van der Waals surface area contributed by atoms with Crippen LogP contribution in [-0.4, -0.2) is 17.5 Å². The standard InChI is InChI=1S/C13H27.Na.H2O4S/c1-4-6-8-10-12-13(3)11-9-7-5-2;;1-5(2,3)4/h13H,1,4-12H2,2-3H3;;(H2,1,2,3,4)/q-1;+1;. The van der Waals surface area contributed by atoms with Gasteiger partial charge in [-0.15, -0.1) is 0 Å². The zero-order valence-corrected chi connectivity index (χ0v) is 15.6. The molecule has 0 aliphatic rings. The Labute approximate surface area is 141 Å². The van der Waals surface area contributed by atoms with Crippen molar-refractivity contribution in [2.75, 3.05) is 0 Å². The Morgan fingerprint density at radius 3 is 1.79 bits per heavy atom. The Balaban J connectivity index is -0.000000366. The fourth-order valence-corrected chi connectivity index (χ4v) is 1.73. The van der Waals surface area contributed by atoms with Gasteiger partial charge >= 0.3 is 40.0 Å². The van der Waals surface area contributed by atoms with E-state index in [-0.39, 0.29) is 29.6 Å². The topological polar surface area (TPSA) is 74.6 Å². The van der Waals surface area contributed by atoms with Gasteiger partial charge in [-0.3, -0.25) is 9.11 Å². The first kappa shape index (κ1) is 24.9. The second kappa shape index (κ2) is 16.9. The fraction of sp³-hybridized carbons (Fsp3) is 0.923. The van der Waals surface area contributed by atoms with Gasteiger partial charge in [-0.25, -0.2) is 0 Å². The molecular formula is C13H29NaO4S. The summed E-state index contributed by atoms with van der Waals surface area (Å²) in [5, 5.41) is 0. The molecular weight excluding hydrogens is 275 g/mol. The van der Waals surface area contributed by atoms with Crippen LogP contribution in [0, 0.1) is 12.8 Å². The van der Waals surface area contributed by atoms with Crippen LogP contribution in [0.2, 0.25) is 0 Å². The Morgan fingerprint density at radius 1 is 1.00 bits per heavy atom. The average Bonchev–Trinajstić information content (AvgIpc) is 2.22. The minimum Gasteiger partial charge on any atom is -0.343 e. The molecule has 0 aromatic carbocycles. The predicted molar refractivity (Wildman–Crippen MR) is 75.9 cm³/mol. The van der Waals surface area contributed by atoms with E-state index in [1.165, 1.54) is 51.4 Å². The fourth-order valence-electron chi connectivity index (χ4n) is 1.73. The number of unbranched alkanes of at least 4 members (excludes halogenated alkanes) is 5. The smallest absolute Gasteiger partial charge is 0.343 e. The van der Waals surface area contributed by atoms with E-state index < -0.39 is 10.4 Å². The van der Waals surface area contributed by atoms with Gasteiger partial charge in [0.1, 0.15) is 0 Å². The first-order valence-corrected chi connectivity index (χ1v) is 8.20. The maximum atomic E-state index is 8.74. The molecule has 4 nitrogen and oxygen atoms in total. The van der Waals surface area contributed by atoms with Crippen LogP contribution in [0.15, 0.2) is 0 Å². The minimum absolute atomic E-state index is 0. The van der Waals surface area contributed by atoms with Crippen LogP contribution in [0.3, 0.4) is 0 Å². The van der Waals surface area contributed by atoms with E-state index in [4.69, 9.17) is 17.5 Å². The molecule has 0 aliphatic heterocycles. The van der Waals surface area contributed by atoms with Crippen LogP contribution in [0.25, 0.3) is 0 Å². The van der Waals surface area contributed by atoms with E-state index in [0.29, 0.717) is 0 Å². The van der Waals surface area contributed by atoms with E-state index >= 15 is 0 Å². The summed E-state index contributed by atoms with van der Waals surface area (Å²) in [4.78, 5) is 0. The van der Waals surface area contributed by atoms with Crippen LogP contribution < -0.4 is 29.6 Å². The number of rotatable bonds is 9. The van der Waals surface area contributed by atoms with E-state index in [9.17, 15) is 0 Å². The molecule has 0 spiro atoms. The first-order chi connectivity index (χ1) is 8.31. The molecule has 0 aliphatic carbocycles. The van der Waals surface area contributed by atoms with Gasteiger partial charge in [-0.05, 0) is 5.92 Å². The molecule has 6 heteroatoms. The van der Waals surface area contributed by atoms with Crippen molar-refractivity contribution in [2.45, 2.75) is 71.6 Å². The maximum absolute atomic E-state index is 8.74. The summed E-state index contributed by atoms with van der Waals surface area (Å²) in [6, 6.07) is 0. The van der Waals surface area contributed by atoms with Gasteiger partial charge in [0, 0.05) is 0 Å². The SMILES string of the molecule is O=S(=O)(O)O.[CH2-]CCCCCC(C)CCCCC.[Na+]. The second-order valence-corrected chi connectivity index (χ2v) is 5.65. The molecule has 0 radical (unpaired) electrons. The average molecular weight is 304 g/mol. The third kappa shape index (κ3) is 38.1. The van der Waals surface area contributed by atoms with Gasteiger partial charge in [0.2, 0.25) is 0 Å². The van der Waals surface area contributed by atoms with Crippen molar-refractivity contribution >= 4 is 10.4 Å². The zero-order valence-electron chi connectivity index (χ0n) is 12.8. The molecule has 0 saturated carbocycles. The normalized spacial score (nSPS) is 12.1. The zero-order chi connectivity index (χ0) is 14.4. The van der Waals surface area contributed by atoms with Crippen LogP contribution >= 0.6 is 0 Å². The van der Waals surface area contributed by atoms with Gasteiger partial charge in [-0.1, -0.05) is 65.2 Å². The van der Waals surface area contributed by atoms with E-state index in [1.54, 1.807) is 0 Å². The molecule has 1 atom stereocenters. The predicted octanol–water partition coefficient (Wildman–Crippen LogP) is 1.34. The molecule has 0 rings (SSSR count). The number of hydrogen-bond donors (Lipinski definition) is 2. The van der Waals surface area contributed by atoms with Crippen molar-refractivity contribution in [3.63, 3.8) is 0 Å². The molecule has 1 unspecified atom stereocenters. The van der Waals surface area contributed by atoms with Crippen LogP contribution in [0.5, 0.6) is 0 Å². The summed E-state index contributed by atoms with van der Waals surface area (Å²) < 4.78 is 31.6. The van der Waals surface area contributed by atoms with Crippen LogP contribution in [0.1, 0.15) is 71.6 Å². The van der Waals surface area contributed by atoms with Gasteiger partial charge in [0.25, 0.3) is 0 Å². The summed E-state index contributed by atoms with van der Waals surface area (Å²) in [5.41, 5.74) is 0. The monoisotopic (exact) mass is 304 g/mol. The molecule has 0 heterocycles. The first-order valence-electron chi connectivity index (χ1n) is 6.80. The molecule has 2 N–H and O–H groups in total.